The van der Waals surface area contributed by atoms with Crippen LogP contribution in [0.4, 0.5) is 0 Å². The molecule has 5 N–H and O–H groups in total. The van der Waals surface area contributed by atoms with E-state index in [1.165, 1.54) is 0 Å². The first-order valence-electron chi connectivity index (χ1n) is 4.12. The molecule has 0 fully saturated rings. The van der Waals surface area contributed by atoms with Gasteiger partial charge in [-0.1, -0.05) is 0 Å². The average molecular weight is 204 g/mol. The van der Waals surface area contributed by atoms with Crippen LogP contribution in [0.15, 0.2) is 0 Å². The maximum Gasteiger partial charge on any atom is 0.323 e. The Balaban J connectivity index is 4.55. The predicted octanol–water partition coefficient (Wildman–Crippen LogP) is -0.728. The number of aliphatic carboxylic acids is 1. The first kappa shape index (κ1) is 12.9. The van der Waals surface area contributed by atoms with Crippen molar-refractivity contribution in [1.29, 1.82) is 0 Å². The number of carboxylic acid groups (broad SMARTS) is 1. The Hall–Kier alpha value is -1.14. The van der Waals surface area contributed by atoms with Gasteiger partial charge in [0.1, 0.15) is 5.60 Å². The summed E-state index contributed by atoms with van der Waals surface area (Å²) >= 11 is 0. The second-order valence-corrected chi connectivity index (χ2v) is 3.93. The summed E-state index contributed by atoms with van der Waals surface area (Å²) in [6.45, 7) is 4.89. The highest BCUT2D eigenvalue weighted by Gasteiger charge is 2.34. The van der Waals surface area contributed by atoms with E-state index in [9.17, 15) is 9.59 Å². The second kappa shape index (κ2) is 4.39. The van der Waals surface area contributed by atoms with Gasteiger partial charge in [-0.15, -0.1) is 0 Å². The molecular weight excluding hydrogens is 188 g/mol. The number of carboxylic acids is 1. The lowest BCUT2D eigenvalue weighted by Gasteiger charge is -2.23. The smallest absolute Gasteiger partial charge is 0.323 e. The zero-order chi connectivity index (χ0) is 11.5. The van der Waals surface area contributed by atoms with Gasteiger partial charge >= 0.3 is 11.9 Å². The van der Waals surface area contributed by atoms with Gasteiger partial charge < -0.3 is 21.3 Å². The van der Waals surface area contributed by atoms with Gasteiger partial charge in [0.2, 0.25) is 0 Å². The molecule has 0 aromatic carbocycles. The summed E-state index contributed by atoms with van der Waals surface area (Å²) in [5, 5.41) is 8.65. The maximum atomic E-state index is 11.3. The molecule has 0 aliphatic carbocycles. The molecule has 6 nitrogen and oxygen atoms in total. The van der Waals surface area contributed by atoms with Crippen LogP contribution in [0.25, 0.3) is 0 Å². The van der Waals surface area contributed by atoms with Crippen LogP contribution in [0.2, 0.25) is 0 Å². The molecule has 0 bridgehead atoms. The number of esters is 1. The van der Waals surface area contributed by atoms with Crippen LogP contribution in [-0.4, -0.2) is 28.8 Å². The van der Waals surface area contributed by atoms with Crippen LogP contribution >= 0.6 is 0 Å². The molecule has 0 rings (SSSR count). The zero-order valence-electron chi connectivity index (χ0n) is 8.48. The van der Waals surface area contributed by atoms with E-state index in [0.717, 1.165) is 0 Å². The monoisotopic (exact) mass is 204 g/mol. The van der Waals surface area contributed by atoms with E-state index in [-0.39, 0.29) is 0 Å². The average Bonchev–Trinajstić information content (AvgIpc) is 1.78. The van der Waals surface area contributed by atoms with Crippen LogP contribution in [0.1, 0.15) is 20.8 Å². The lowest BCUT2D eigenvalue weighted by molar-refractivity contribution is -0.167. The molecule has 82 valence electrons. The van der Waals surface area contributed by atoms with Gasteiger partial charge in [-0.3, -0.25) is 9.59 Å². The van der Waals surface area contributed by atoms with Crippen LogP contribution < -0.4 is 11.5 Å². The highest BCUT2D eigenvalue weighted by atomic mass is 16.6. The third kappa shape index (κ3) is 4.20. The molecule has 0 aromatic rings. The molecule has 6 heteroatoms. The quantitative estimate of drug-likeness (QED) is 0.317. The Bertz CT molecular complexity index is 232. The van der Waals surface area contributed by atoms with E-state index < -0.39 is 29.6 Å². The van der Waals surface area contributed by atoms with E-state index in [1.807, 2.05) is 0 Å². The molecule has 14 heavy (non-hydrogen) atoms. The van der Waals surface area contributed by atoms with Crippen molar-refractivity contribution in [3.8, 4) is 0 Å². The largest absolute Gasteiger partial charge is 0.481 e. The van der Waals surface area contributed by atoms with E-state index in [2.05, 4.69) is 0 Å². The summed E-state index contributed by atoms with van der Waals surface area (Å²) in [7, 11) is 0. The molecule has 0 spiro atoms. The van der Waals surface area contributed by atoms with Crippen molar-refractivity contribution in [1.82, 2.24) is 0 Å². The highest BCUT2D eigenvalue weighted by Crippen LogP contribution is 2.12. The van der Waals surface area contributed by atoms with Gasteiger partial charge in [0.25, 0.3) is 0 Å². The van der Waals surface area contributed by atoms with Crippen molar-refractivity contribution in [2.45, 2.75) is 32.5 Å². The van der Waals surface area contributed by atoms with Gasteiger partial charge in [-0.2, -0.15) is 0 Å². The third-order valence-electron chi connectivity index (χ3n) is 1.31. The number of rotatable bonds is 3. The van der Waals surface area contributed by atoms with Gasteiger partial charge in [0.15, 0.2) is 5.92 Å². The summed E-state index contributed by atoms with van der Waals surface area (Å²) in [5.41, 5.74) is 9.56. The van der Waals surface area contributed by atoms with Crippen molar-refractivity contribution >= 4 is 11.9 Å². The summed E-state index contributed by atoms with van der Waals surface area (Å²) < 4.78 is 4.84. The summed E-state index contributed by atoms with van der Waals surface area (Å²) in [4.78, 5) is 21.9. The fraction of sp³-hybridized carbons (Fsp3) is 0.750. The Kier molecular flexibility index (Phi) is 4.03. The van der Waals surface area contributed by atoms with Crippen molar-refractivity contribution in [2.24, 2.45) is 17.4 Å². The molecule has 0 aliphatic rings. The van der Waals surface area contributed by atoms with E-state index >= 15 is 0 Å². The van der Waals surface area contributed by atoms with Gasteiger partial charge in [0.05, 0.1) is 6.17 Å². The first-order valence-corrected chi connectivity index (χ1v) is 4.12. The minimum Gasteiger partial charge on any atom is -0.481 e. The first-order chi connectivity index (χ1) is 6.15. The van der Waals surface area contributed by atoms with Crippen molar-refractivity contribution in [3.05, 3.63) is 0 Å². The summed E-state index contributed by atoms with van der Waals surface area (Å²) in [6, 6.07) is 0. The van der Waals surface area contributed by atoms with Crippen molar-refractivity contribution in [3.63, 3.8) is 0 Å². The summed E-state index contributed by atoms with van der Waals surface area (Å²) in [5.74, 6) is -3.82. The molecule has 0 unspecified atom stereocenters. The predicted molar refractivity (Wildman–Crippen MR) is 49.1 cm³/mol. The maximum absolute atomic E-state index is 11.3. The van der Waals surface area contributed by atoms with Crippen molar-refractivity contribution in [2.75, 3.05) is 0 Å². The molecule has 0 amide bonds. The molecule has 0 saturated carbocycles. The Labute approximate surface area is 82.2 Å². The van der Waals surface area contributed by atoms with Crippen LogP contribution in [0.5, 0.6) is 0 Å². The molecule has 0 aliphatic heterocycles. The number of hydrogen-bond donors (Lipinski definition) is 3. The van der Waals surface area contributed by atoms with Crippen molar-refractivity contribution < 1.29 is 19.4 Å². The number of ether oxygens (including phenoxy) is 1. The molecular formula is C8H16N2O4. The second-order valence-electron chi connectivity index (χ2n) is 3.93. The lowest BCUT2D eigenvalue weighted by atomic mass is 10.1. The van der Waals surface area contributed by atoms with Gasteiger partial charge in [0, 0.05) is 0 Å². The Morgan fingerprint density at radius 3 is 1.93 bits per heavy atom. The minimum absolute atomic E-state index is 0.750. The molecule has 0 heterocycles. The fourth-order valence-corrected chi connectivity index (χ4v) is 0.788. The zero-order valence-corrected chi connectivity index (χ0v) is 8.48. The topological polar surface area (TPSA) is 116 Å². The summed E-state index contributed by atoms with van der Waals surface area (Å²) in [6.07, 6.45) is -1.26. The molecule has 0 aromatic heterocycles. The molecule has 1 atom stereocenters. The minimum atomic E-state index is -1.52. The number of nitrogens with two attached hydrogens (primary N) is 2. The van der Waals surface area contributed by atoms with Gasteiger partial charge in [-0.25, -0.2) is 0 Å². The Morgan fingerprint density at radius 2 is 1.71 bits per heavy atom. The molecule has 0 saturated heterocycles. The number of carbonyl (C=O) groups excluding carboxylic acids is 1. The number of carbonyl (C=O) groups is 2. The van der Waals surface area contributed by atoms with E-state index in [4.69, 9.17) is 21.3 Å². The van der Waals surface area contributed by atoms with Crippen LogP contribution in [-0.2, 0) is 14.3 Å². The van der Waals surface area contributed by atoms with Crippen LogP contribution in [0.3, 0.4) is 0 Å². The number of hydrogen-bond acceptors (Lipinski definition) is 5. The molecule has 0 radical (unpaired) electrons. The standard InChI is InChI=1S/C8H16N2O4/c1-8(2,3)14-7(13)4(5(9)10)6(11)12/h4-5H,9-10H2,1-3H3,(H,11,12)/t4-/m0/s1. The highest BCUT2D eigenvalue weighted by molar-refractivity contribution is 5.94. The normalized spacial score (nSPS) is 13.9. The fourth-order valence-electron chi connectivity index (χ4n) is 0.788. The van der Waals surface area contributed by atoms with E-state index in [1.54, 1.807) is 20.8 Å². The van der Waals surface area contributed by atoms with Gasteiger partial charge in [-0.05, 0) is 20.8 Å². The SMILES string of the molecule is CC(C)(C)OC(=O)[C@H](C(=O)O)C(N)N. The third-order valence-corrected chi connectivity index (χ3v) is 1.31. The Morgan fingerprint density at radius 1 is 1.29 bits per heavy atom. The van der Waals surface area contributed by atoms with E-state index in [0.29, 0.717) is 0 Å². The van der Waals surface area contributed by atoms with Crippen LogP contribution in [0, 0.1) is 5.92 Å². The lowest BCUT2D eigenvalue weighted by Crippen LogP contribution is -2.48.